The zero-order valence-electron chi connectivity index (χ0n) is 3.26. The van der Waals surface area contributed by atoms with E-state index in [0.717, 1.165) is 0 Å². The second-order valence-corrected chi connectivity index (χ2v) is 0.652. The molecule has 6 heavy (non-hydrogen) atoms. The van der Waals surface area contributed by atoms with Gasteiger partial charge >= 0.3 is 0 Å². The Bertz CT molecular complexity index is 65.3. The van der Waals surface area contributed by atoms with Crippen LogP contribution < -0.4 is 0 Å². The van der Waals surface area contributed by atoms with Gasteiger partial charge in [-0.1, -0.05) is 0 Å². The van der Waals surface area contributed by atoms with E-state index >= 15 is 0 Å². The first kappa shape index (κ1) is 5.57. The summed E-state index contributed by atoms with van der Waals surface area (Å²) in [6.07, 6.45) is 2.96. The van der Waals surface area contributed by atoms with Crippen molar-refractivity contribution in [1.29, 1.82) is 0 Å². The second kappa shape index (κ2) is 2.79. The Kier molecular flexibility index (Phi) is 2.59. The van der Waals surface area contributed by atoms with Crippen LogP contribution in [0.5, 0.6) is 0 Å². The molecule has 1 rings (SSSR count). The lowest BCUT2D eigenvalue weighted by Crippen LogP contribution is -1.53. The molecule has 0 saturated heterocycles. The van der Waals surface area contributed by atoms with Crippen LogP contribution in [0.25, 0.3) is 0 Å². The summed E-state index contributed by atoms with van der Waals surface area (Å²) >= 11 is 0. The van der Waals surface area contributed by atoms with Crippen molar-refractivity contribution >= 4 is 9.90 Å². The van der Waals surface area contributed by atoms with Crippen molar-refractivity contribution in [1.82, 2.24) is 15.2 Å². The average molecular weight is 103 g/mol. The van der Waals surface area contributed by atoms with E-state index in [4.69, 9.17) is 0 Å². The lowest BCUT2D eigenvalue weighted by molar-refractivity contribution is 1.09. The van der Waals surface area contributed by atoms with E-state index in [-0.39, 0.29) is 9.90 Å². The topological polar surface area (TPSA) is 41.6 Å². The molecule has 0 amide bonds. The van der Waals surface area contributed by atoms with Crippen molar-refractivity contribution < 1.29 is 0 Å². The first-order valence-corrected chi connectivity index (χ1v) is 1.29. The van der Waals surface area contributed by atoms with Gasteiger partial charge in [0.25, 0.3) is 0 Å². The molecule has 0 bridgehead atoms. The molecule has 0 aliphatic carbocycles. The molecule has 1 unspecified atom stereocenters. The van der Waals surface area contributed by atoms with Crippen LogP contribution in [0, 0.1) is 0 Å². The third-order valence-corrected chi connectivity index (χ3v) is 0.331. The van der Waals surface area contributed by atoms with Gasteiger partial charge in [0.2, 0.25) is 0 Å². The molecule has 34 valence electrons. The van der Waals surface area contributed by atoms with E-state index in [9.17, 15) is 0 Å². The number of H-pyrrole nitrogens is 1. The monoisotopic (exact) mass is 103 g/mol. The fraction of sp³-hybridized carbons (Fsp3) is 0. The van der Waals surface area contributed by atoms with Crippen molar-refractivity contribution in [3.05, 3.63) is 12.7 Å². The minimum absolute atomic E-state index is 0. The maximum absolute atomic E-state index is 3.56. The maximum Gasteiger partial charge on any atom is 0.137 e. The summed E-state index contributed by atoms with van der Waals surface area (Å²) in [6, 6.07) is 0. The zero-order chi connectivity index (χ0) is 3.54. The van der Waals surface area contributed by atoms with Gasteiger partial charge in [0.05, 0.1) is 0 Å². The summed E-state index contributed by atoms with van der Waals surface area (Å²) in [5.41, 5.74) is 0. The standard InChI is InChI=1S/C2H3N3.H3P/c1-3-2-5-4-1;/h1-2H,(H,3,4,5);1H3. The van der Waals surface area contributed by atoms with Crippen LogP contribution in [0.1, 0.15) is 0 Å². The van der Waals surface area contributed by atoms with Gasteiger partial charge in [-0.25, -0.2) is 4.98 Å². The van der Waals surface area contributed by atoms with Gasteiger partial charge in [0, 0.05) is 0 Å². The predicted molar refractivity (Wildman–Crippen MR) is 27.5 cm³/mol. The third-order valence-electron chi connectivity index (χ3n) is 0.331. The first-order valence-electron chi connectivity index (χ1n) is 1.29. The Morgan fingerprint density at radius 1 is 1.50 bits per heavy atom. The molecular formula is C2H6N3P. The minimum atomic E-state index is 0. The van der Waals surface area contributed by atoms with Gasteiger partial charge in [-0.05, 0) is 0 Å². The Morgan fingerprint density at radius 2 is 2.33 bits per heavy atom. The lowest BCUT2D eigenvalue weighted by Gasteiger charge is -1.46. The van der Waals surface area contributed by atoms with Crippen LogP contribution in [0.3, 0.4) is 0 Å². The summed E-state index contributed by atoms with van der Waals surface area (Å²) in [7, 11) is 0. The average Bonchev–Trinajstić information content (AvgIpc) is 1.76. The molecule has 0 aliphatic rings. The minimum Gasteiger partial charge on any atom is -0.266 e. The molecule has 0 fully saturated rings. The van der Waals surface area contributed by atoms with Gasteiger partial charge in [0.1, 0.15) is 12.7 Å². The summed E-state index contributed by atoms with van der Waals surface area (Å²) in [4.78, 5) is 3.56. The predicted octanol–water partition coefficient (Wildman–Crippen LogP) is -0.137. The number of nitrogens with zero attached hydrogens (tertiary/aromatic N) is 2. The van der Waals surface area contributed by atoms with Crippen molar-refractivity contribution in [3.8, 4) is 0 Å². The molecule has 0 spiro atoms. The maximum atomic E-state index is 3.56. The van der Waals surface area contributed by atoms with E-state index in [1.807, 2.05) is 0 Å². The lowest BCUT2D eigenvalue weighted by atomic mass is 11.3. The van der Waals surface area contributed by atoms with Gasteiger partial charge in [-0.3, -0.25) is 5.10 Å². The normalized spacial score (nSPS) is 6.67. The molecule has 0 radical (unpaired) electrons. The number of aromatic amines is 1. The molecule has 3 nitrogen and oxygen atoms in total. The molecule has 1 aromatic heterocycles. The summed E-state index contributed by atoms with van der Waals surface area (Å²) in [5.74, 6) is 0. The Morgan fingerprint density at radius 3 is 2.50 bits per heavy atom. The van der Waals surface area contributed by atoms with Crippen LogP contribution in [0.2, 0.25) is 0 Å². The molecule has 4 heteroatoms. The van der Waals surface area contributed by atoms with Gasteiger partial charge < -0.3 is 0 Å². The van der Waals surface area contributed by atoms with Gasteiger partial charge in [-0.2, -0.15) is 15.0 Å². The third kappa shape index (κ3) is 1.13. The largest absolute Gasteiger partial charge is 0.266 e. The van der Waals surface area contributed by atoms with Crippen LogP contribution >= 0.6 is 9.90 Å². The highest BCUT2D eigenvalue weighted by molar-refractivity contribution is 6.92. The Labute approximate surface area is 38.8 Å². The molecule has 0 aliphatic heterocycles. The Balaban J connectivity index is 0.000000250. The highest BCUT2D eigenvalue weighted by Gasteiger charge is 1.57. The highest BCUT2D eigenvalue weighted by Crippen LogP contribution is 1.53. The van der Waals surface area contributed by atoms with Crippen molar-refractivity contribution in [2.75, 3.05) is 0 Å². The van der Waals surface area contributed by atoms with E-state index in [1.54, 1.807) is 0 Å². The number of hydrogen-bond acceptors (Lipinski definition) is 2. The smallest absolute Gasteiger partial charge is 0.137 e. The fourth-order valence-corrected chi connectivity index (χ4v) is 0.167. The van der Waals surface area contributed by atoms with E-state index < -0.39 is 0 Å². The highest BCUT2D eigenvalue weighted by atomic mass is 31.0. The second-order valence-electron chi connectivity index (χ2n) is 0.652. The van der Waals surface area contributed by atoms with Gasteiger partial charge in [0.15, 0.2) is 0 Å². The molecule has 1 N–H and O–H groups in total. The van der Waals surface area contributed by atoms with Crippen molar-refractivity contribution in [2.24, 2.45) is 0 Å². The van der Waals surface area contributed by atoms with Crippen LogP contribution in [0.4, 0.5) is 0 Å². The van der Waals surface area contributed by atoms with Crippen molar-refractivity contribution in [3.63, 3.8) is 0 Å². The van der Waals surface area contributed by atoms with E-state index in [2.05, 4.69) is 15.2 Å². The molecule has 0 aromatic carbocycles. The molecule has 1 heterocycles. The summed E-state index contributed by atoms with van der Waals surface area (Å²) < 4.78 is 0. The fourth-order valence-electron chi connectivity index (χ4n) is 0.167. The van der Waals surface area contributed by atoms with Crippen molar-refractivity contribution in [2.45, 2.75) is 0 Å². The quantitative estimate of drug-likeness (QED) is 0.464. The van der Waals surface area contributed by atoms with Crippen LogP contribution in [0.15, 0.2) is 12.7 Å². The van der Waals surface area contributed by atoms with Crippen LogP contribution in [-0.4, -0.2) is 15.2 Å². The molecule has 1 aromatic rings. The number of nitrogens with one attached hydrogen (secondary N) is 1. The van der Waals surface area contributed by atoms with Crippen LogP contribution in [-0.2, 0) is 0 Å². The summed E-state index contributed by atoms with van der Waals surface area (Å²) in [5, 5.41) is 5.99. The van der Waals surface area contributed by atoms with Gasteiger partial charge in [-0.15, -0.1) is 0 Å². The first-order chi connectivity index (χ1) is 2.50. The number of rotatable bonds is 0. The van der Waals surface area contributed by atoms with E-state index in [1.165, 1.54) is 12.7 Å². The zero-order valence-corrected chi connectivity index (χ0v) is 4.67. The Hall–Kier alpha value is -0.430. The molecule has 0 saturated carbocycles. The molecular weight excluding hydrogens is 97.0 g/mol. The number of aromatic nitrogens is 3. The molecule has 1 atom stereocenters. The number of hydrogen-bond donors (Lipinski definition) is 1. The SMILES string of the molecule is P.c1nc[nH]n1. The van der Waals surface area contributed by atoms with E-state index in [0.29, 0.717) is 0 Å². The summed E-state index contributed by atoms with van der Waals surface area (Å²) in [6.45, 7) is 0.